The first-order valence-corrected chi connectivity index (χ1v) is 4.69. The summed E-state index contributed by atoms with van der Waals surface area (Å²) in [5.74, 6) is 0.390. The second-order valence-corrected chi connectivity index (χ2v) is 4.30. The Labute approximate surface area is 69.9 Å². The Morgan fingerprint density at radius 1 is 1.64 bits per heavy atom. The summed E-state index contributed by atoms with van der Waals surface area (Å²) in [4.78, 5) is 5.41. The Kier molecular flexibility index (Phi) is 1.69. The van der Waals surface area contributed by atoms with Crippen LogP contribution in [0.1, 0.15) is 28.6 Å². The second kappa shape index (κ2) is 2.57. The molecule has 2 unspecified atom stereocenters. The number of aromatic nitrogens is 1. The number of aliphatic hydroxyl groups excluding tert-OH is 1. The van der Waals surface area contributed by atoms with Gasteiger partial charge < -0.3 is 5.11 Å². The average molecular weight is 169 g/mol. The van der Waals surface area contributed by atoms with E-state index in [9.17, 15) is 5.11 Å². The lowest BCUT2D eigenvalue weighted by Crippen LogP contribution is -2.28. The maximum absolute atomic E-state index is 9.35. The first-order chi connectivity index (χ1) is 5.27. The van der Waals surface area contributed by atoms with E-state index in [0.29, 0.717) is 5.92 Å². The zero-order chi connectivity index (χ0) is 7.84. The first kappa shape index (κ1) is 7.25. The molecule has 2 atom stereocenters. The van der Waals surface area contributed by atoms with Gasteiger partial charge in [-0.1, -0.05) is 0 Å². The Hall–Kier alpha value is -0.410. The minimum atomic E-state index is -0.102. The number of thiazole rings is 1. The summed E-state index contributed by atoms with van der Waals surface area (Å²) in [6.45, 7) is 2.00. The van der Waals surface area contributed by atoms with Crippen LogP contribution in [-0.4, -0.2) is 16.2 Å². The maximum atomic E-state index is 9.35. The summed E-state index contributed by atoms with van der Waals surface area (Å²) >= 11 is 1.70. The van der Waals surface area contributed by atoms with Gasteiger partial charge in [0, 0.05) is 17.0 Å². The third-order valence-corrected chi connectivity index (χ3v) is 3.29. The Balaban J connectivity index is 2.16. The van der Waals surface area contributed by atoms with Crippen LogP contribution in [0.4, 0.5) is 0 Å². The van der Waals surface area contributed by atoms with Crippen LogP contribution in [0.15, 0.2) is 6.20 Å². The fraction of sp³-hybridized carbons (Fsp3) is 0.625. The molecule has 0 aliphatic heterocycles. The molecule has 0 amide bonds. The number of hydrogen-bond acceptors (Lipinski definition) is 3. The molecule has 1 fully saturated rings. The highest BCUT2D eigenvalue weighted by Gasteiger charge is 2.31. The topological polar surface area (TPSA) is 33.1 Å². The molecule has 0 saturated heterocycles. The molecule has 3 heteroatoms. The smallest absolute Gasteiger partial charge is 0.0896 e. The number of hydrogen-bond donors (Lipinski definition) is 1. The minimum absolute atomic E-state index is 0.102. The van der Waals surface area contributed by atoms with E-state index < -0.39 is 0 Å². The van der Waals surface area contributed by atoms with Crippen molar-refractivity contribution in [2.75, 3.05) is 0 Å². The largest absolute Gasteiger partial charge is 0.392 e. The normalized spacial score (nSPS) is 30.0. The van der Waals surface area contributed by atoms with E-state index in [0.717, 1.165) is 17.8 Å². The fourth-order valence-electron chi connectivity index (χ4n) is 1.36. The SMILES string of the molecule is Cc1ncc(C2CCC2O)s1. The molecule has 1 N–H and O–H groups in total. The first-order valence-electron chi connectivity index (χ1n) is 3.88. The van der Waals surface area contributed by atoms with Crippen molar-refractivity contribution in [3.8, 4) is 0 Å². The Morgan fingerprint density at radius 2 is 2.45 bits per heavy atom. The summed E-state index contributed by atoms with van der Waals surface area (Å²) in [6.07, 6.45) is 3.88. The van der Waals surface area contributed by atoms with Gasteiger partial charge in [-0.25, -0.2) is 4.98 Å². The van der Waals surface area contributed by atoms with E-state index in [-0.39, 0.29) is 6.10 Å². The molecule has 1 saturated carbocycles. The van der Waals surface area contributed by atoms with Gasteiger partial charge in [0.05, 0.1) is 11.1 Å². The fourth-order valence-corrected chi connectivity index (χ4v) is 2.34. The van der Waals surface area contributed by atoms with Gasteiger partial charge in [0.25, 0.3) is 0 Å². The molecule has 11 heavy (non-hydrogen) atoms. The molecule has 0 bridgehead atoms. The van der Waals surface area contributed by atoms with Gasteiger partial charge in [-0.15, -0.1) is 11.3 Å². The minimum Gasteiger partial charge on any atom is -0.392 e. The lowest BCUT2D eigenvalue weighted by Gasteiger charge is -2.30. The maximum Gasteiger partial charge on any atom is 0.0896 e. The summed E-state index contributed by atoms with van der Waals surface area (Å²) < 4.78 is 0. The van der Waals surface area contributed by atoms with Gasteiger partial charge in [0.15, 0.2) is 0 Å². The number of rotatable bonds is 1. The van der Waals surface area contributed by atoms with Crippen LogP contribution in [0.2, 0.25) is 0 Å². The van der Waals surface area contributed by atoms with Crippen molar-refractivity contribution in [1.29, 1.82) is 0 Å². The summed E-state index contributed by atoms with van der Waals surface area (Å²) in [5.41, 5.74) is 0. The van der Waals surface area contributed by atoms with Crippen molar-refractivity contribution in [1.82, 2.24) is 4.98 Å². The molecule has 60 valence electrons. The highest BCUT2D eigenvalue weighted by molar-refractivity contribution is 7.11. The Bertz CT molecular complexity index is 258. The van der Waals surface area contributed by atoms with Crippen LogP contribution in [0.25, 0.3) is 0 Å². The van der Waals surface area contributed by atoms with Gasteiger partial charge in [-0.3, -0.25) is 0 Å². The predicted molar refractivity (Wildman–Crippen MR) is 44.8 cm³/mol. The highest BCUT2D eigenvalue weighted by atomic mass is 32.1. The standard InChI is InChI=1S/C8H11NOS/c1-5-9-4-8(11-5)6-2-3-7(6)10/h4,6-7,10H,2-3H2,1H3. The molecule has 2 rings (SSSR count). The Morgan fingerprint density at radius 3 is 2.82 bits per heavy atom. The summed E-state index contributed by atoms with van der Waals surface area (Å²) in [7, 11) is 0. The van der Waals surface area contributed by atoms with Crippen molar-refractivity contribution in [3.05, 3.63) is 16.1 Å². The molecule has 1 aromatic rings. The molecule has 1 aliphatic rings. The van der Waals surface area contributed by atoms with Crippen LogP contribution in [0.5, 0.6) is 0 Å². The van der Waals surface area contributed by atoms with Crippen molar-refractivity contribution in [3.63, 3.8) is 0 Å². The van der Waals surface area contributed by atoms with Crippen molar-refractivity contribution in [2.45, 2.75) is 31.8 Å². The number of nitrogens with zero attached hydrogens (tertiary/aromatic N) is 1. The molecule has 1 aliphatic carbocycles. The van der Waals surface area contributed by atoms with Gasteiger partial charge in [0.1, 0.15) is 0 Å². The number of aryl methyl sites for hydroxylation is 1. The third-order valence-electron chi connectivity index (χ3n) is 2.24. The van der Waals surface area contributed by atoms with Gasteiger partial charge in [-0.2, -0.15) is 0 Å². The quantitative estimate of drug-likeness (QED) is 0.694. The van der Waals surface area contributed by atoms with Crippen LogP contribution >= 0.6 is 11.3 Å². The van der Waals surface area contributed by atoms with Crippen molar-refractivity contribution >= 4 is 11.3 Å². The molecular formula is C8H11NOS. The van der Waals surface area contributed by atoms with Crippen LogP contribution < -0.4 is 0 Å². The van der Waals surface area contributed by atoms with Crippen LogP contribution in [0, 0.1) is 6.92 Å². The monoisotopic (exact) mass is 169 g/mol. The van der Waals surface area contributed by atoms with Crippen LogP contribution in [-0.2, 0) is 0 Å². The zero-order valence-corrected chi connectivity index (χ0v) is 7.27. The van der Waals surface area contributed by atoms with Gasteiger partial charge in [0.2, 0.25) is 0 Å². The van der Waals surface area contributed by atoms with Crippen molar-refractivity contribution < 1.29 is 5.11 Å². The molecule has 0 spiro atoms. The zero-order valence-electron chi connectivity index (χ0n) is 6.45. The molecular weight excluding hydrogens is 158 g/mol. The lowest BCUT2D eigenvalue weighted by atomic mass is 9.81. The number of aliphatic hydroxyl groups is 1. The van der Waals surface area contributed by atoms with E-state index in [1.165, 1.54) is 4.88 Å². The van der Waals surface area contributed by atoms with Gasteiger partial charge >= 0.3 is 0 Å². The average Bonchev–Trinajstić information content (AvgIpc) is 2.33. The third kappa shape index (κ3) is 1.19. The van der Waals surface area contributed by atoms with Crippen LogP contribution in [0.3, 0.4) is 0 Å². The van der Waals surface area contributed by atoms with E-state index in [1.807, 2.05) is 13.1 Å². The van der Waals surface area contributed by atoms with Crippen molar-refractivity contribution in [2.24, 2.45) is 0 Å². The van der Waals surface area contributed by atoms with Gasteiger partial charge in [-0.05, 0) is 19.8 Å². The summed E-state index contributed by atoms with van der Waals surface area (Å²) in [6, 6.07) is 0. The second-order valence-electron chi connectivity index (χ2n) is 3.03. The summed E-state index contributed by atoms with van der Waals surface area (Å²) in [5, 5.41) is 10.4. The lowest BCUT2D eigenvalue weighted by molar-refractivity contribution is 0.0676. The molecule has 1 heterocycles. The molecule has 0 radical (unpaired) electrons. The highest BCUT2D eigenvalue weighted by Crippen LogP contribution is 2.39. The predicted octanol–water partition coefficient (Wildman–Crippen LogP) is 1.69. The molecule has 2 nitrogen and oxygen atoms in total. The van der Waals surface area contributed by atoms with E-state index in [4.69, 9.17) is 0 Å². The van der Waals surface area contributed by atoms with E-state index >= 15 is 0 Å². The van der Waals surface area contributed by atoms with E-state index in [1.54, 1.807) is 11.3 Å². The molecule has 0 aromatic carbocycles. The van der Waals surface area contributed by atoms with E-state index in [2.05, 4.69) is 4.98 Å². The molecule has 1 aromatic heterocycles.